The molecule has 0 spiro atoms. The largest absolute Gasteiger partial charge is 0.398 e. The van der Waals surface area contributed by atoms with Crippen LogP contribution in [0.3, 0.4) is 0 Å². The lowest BCUT2D eigenvalue weighted by Crippen LogP contribution is -2.27. The summed E-state index contributed by atoms with van der Waals surface area (Å²) in [4.78, 5) is 18.0. The van der Waals surface area contributed by atoms with E-state index in [2.05, 4.69) is 4.98 Å². The molecular formula is C13H15ClN4O. The molecule has 0 saturated heterocycles. The van der Waals surface area contributed by atoms with Crippen LogP contribution in [-0.4, -0.2) is 27.4 Å². The molecule has 1 heterocycles. The Bertz CT molecular complexity index is 608. The molecule has 0 radical (unpaired) electrons. The van der Waals surface area contributed by atoms with E-state index in [1.165, 1.54) is 0 Å². The van der Waals surface area contributed by atoms with Crippen LogP contribution >= 0.6 is 11.6 Å². The van der Waals surface area contributed by atoms with Crippen LogP contribution in [0, 0.1) is 0 Å². The molecule has 0 aliphatic carbocycles. The van der Waals surface area contributed by atoms with Gasteiger partial charge in [-0.2, -0.15) is 0 Å². The smallest absolute Gasteiger partial charge is 0.254 e. The van der Waals surface area contributed by atoms with Crippen molar-refractivity contribution in [3.05, 3.63) is 47.0 Å². The molecule has 2 rings (SSSR count). The third-order valence-electron chi connectivity index (χ3n) is 2.89. The van der Waals surface area contributed by atoms with Gasteiger partial charge in [-0.25, -0.2) is 4.98 Å². The van der Waals surface area contributed by atoms with Gasteiger partial charge in [0.05, 0.1) is 17.3 Å². The zero-order chi connectivity index (χ0) is 14.0. The van der Waals surface area contributed by atoms with Crippen molar-refractivity contribution in [3.63, 3.8) is 0 Å². The van der Waals surface area contributed by atoms with Crippen molar-refractivity contribution in [2.24, 2.45) is 7.05 Å². The summed E-state index contributed by atoms with van der Waals surface area (Å²) in [6, 6.07) is 4.87. The second-order valence-electron chi connectivity index (χ2n) is 4.35. The van der Waals surface area contributed by atoms with Crippen molar-refractivity contribution in [1.82, 2.24) is 14.5 Å². The number of amides is 1. The van der Waals surface area contributed by atoms with Crippen molar-refractivity contribution in [2.75, 3.05) is 12.8 Å². The Balaban J connectivity index is 2.15. The lowest BCUT2D eigenvalue weighted by Gasteiger charge is -2.17. The maximum Gasteiger partial charge on any atom is 0.254 e. The van der Waals surface area contributed by atoms with E-state index in [9.17, 15) is 4.79 Å². The van der Waals surface area contributed by atoms with E-state index in [4.69, 9.17) is 17.3 Å². The molecule has 0 bridgehead atoms. The molecule has 1 aromatic heterocycles. The number of anilines is 1. The number of carbonyl (C=O) groups excluding carboxylic acids is 1. The van der Waals surface area contributed by atoms with Gasteiger partial charge in [0.15, 0.2) is 0 Å². The summed E-state index contributed by atoms with van der Waals surface area (Å²) < 4.78 is 1.87. The first-order valence-electron chi connectivity index (χ1n) is 5.75. The Hall–Kier alpha value is -2.01. The zero-order valence-corrected chi connectivity index (χ0v) is 11.6. The quantitative estimate of drug-likeness (QED) is 0.873. The minimum Gasteiger partial charge on any atom is -0.398 e. The molecule has 6 heteroatoms. The van der Waals surface area contributed by atoms with Crippen LogP contribution in [0.4, 0.5) is 5.69 Å². The number of aryl methyl sites for hydroxylation is 1. The normalized spacial score (nSPS) is 10.5. The highest BCUT2D eigenvalue weighted by atomic mass is 35.5. The summed E-state index contributed by atoms with van der Waals surface area (Å²) >= 11 is 5.92. The Kier molecular flexibility index (Phi) is 3.76. The van der Waals surface area contributed by atoms with Crippen LogP contribution in [-0.2, 0) is 13.6 Å². The van der Waals surface area contributed by atoms with Gasteiger partial charge in [-0.05, 0) is 18.2 Å². The summed E-state index contributed by atoms with van der Waals surface area (Å²) in [5.74, 6) is 0.697. The number of nitrogens with two attached hydrogens (primary N) is 1. The van der Waals surface area contributed by atoms with Crippen LogP contribution in [0.15, 0.2) is 30.6 Å². The lowest BCUT2D eigenvalue weighted by atomic mass is 10.2. The molecule has 0 aliphatic rings. The van der Waals surface area contributed by atoms with Crippen molar-refractivity contribution in [3.8, 4) is 0 Å². The molecule has 2 N–H and O–H groups in total. The van der Waals surface area contributed by atoms with E-state index in [1.807, 2.05) is 17.8 Å². The molecule has 0 unspecified atom stereocenters. The number of aromatic nitrogens is 2. The van der Waals surface area contributed by atoms with Crippen molar-refractivity contribution in [2.45, 2.75) is 6.54 Å². The molecule has 19 heavy (non-hydrogen) atoms. The van der Waals surface area contributed by atoms with E-state index < -0.39 is 0 Å². The average molecular weight is 279 g/mol. The Labute approximate surface area is 116 Å². The van der Waals surface area contributed by atoms with Gasteiger partial charge in [-0.1, -0.05) is 11.6 Å². The van der Waals surface area contributed by atoms with Gasteiger partial charge >= 0.3 is 0 Å². The minimum absolute atomic E-state index is 0.120. The Morgan fingerprint density at radius 1 is 1.53 bits per heavy atom. The first-order chi connectivity index (χ1) is 8.99. The van der Waals surface area contributed by atoms with E-state index >= 15 is 0 Å². The Morgan fingerprint density at radius 2 is 2.26 bits per heavy atom. The average Bonchev–Trinajstić information content (AvgIpc) is 2.77. The molecule has 100 valence electrons. The SMILES string of the molecule is CN(Cc1nccn1C)C(=O)c1ccc(N)c(Cl)c1. The van der Waals surface area contributed by atoms with Gasteiger partial charge in [0.1, 0.15) is 5.82 Å². The highest BCUT2D eigenvalue weighted by Crippen LogP contribution is 2.20. The molecule has 1 amide bonds. The van der Waals surface area contributed by atoms with Crippen LogP contribution in [0.25, 0.3) is 0 Å². The number of hydrogen-bond donors (Lipinski definition) is 1. The Morgan fingerprint density at radius 3 is 2.84 bits per heavy atom. The van der Waals surface area contributed by atoms with E-state index in [0.717, 1.165) is 5.82 Å². The van der Waals surface area contributed by atoms with Crippen molar-refractivity contribution >= 4 is 23.2 Å². The maximum atomic E-state index is 12.2. The monoisotopic (exact) mass is 278 g/mol. The molecule has 0 fully saturated rings. The van der Waals surface area contributed by atoms with Crippen LogP contribution in [0.5, 0.6) is 0 Å². The van der Waals surface area contributed by atoms with Gasteiger partial charge in [0.2, 0.25) is 0 Å². The summed E-state index contributed by atoms with van der Waals surface area (Å²) in [6.07, 6.45) is 3.54. The number of benzene rings is 1. The van der Waals surface area contributed by atoms with Gasteiger partial charge in [0.25, 0.3) is 5.91 Å². The summed E-state index contributed by atoms with van der Waals surface area (Å²) in [5, 5.41) is 0.385. The van der Waals surface area contributed by atoms with E-state index in [1.54, 1.807) is 36.3 Å². The van der Waals surface area contributed by atoms with E-state index in [0.29, 0.717) is 22.8 Å². The third-order valence-corrected chi connectivity index (χ3v) is 3.22. The number of nitrogen functional groups attached to an aromatic ring is 1. The van der Waals surface area contributed by atoms with Gasteiger partial charge in [0, 0.05) is 32.1 Å². The fourth-order valence-corrected chi connectivity index (χ4v) is 1.89. The number of hydrogen-bond acceptors (Lipinski definition) is 3. The number of rotatable bonds is 3. The molecule has 0 atom stereocenters. The van der Waals surface area contributed by atoms with Crippen LogP contribution < -0.4 is 5.73 Å². The predicted octanol–water partition coefficient (Wildman–Crippen LogP) is 1.93. The molecular weight excluding hydrogens is 264 g/mol. The maximum absolute atomic E-state index is 12.2. The molecule has 0 aliphatic heterocycles. The number of carbonyl (C=O) groups is 1. The van der Waals surface area contributed by atoms with Crippen LogP contribution in [0.2, 0.25) is 5.02 Å². The first kappa shape index (κ1) is 13.4. The summed E-state index contributed by atoms with van der Waals surface area (Å²) in [7, 11) is 3.61. The lowest BCUT2D eigenvalue weighted by molar-refractivity contribution is 0.0780. The van der Waals surface area contributed by atoms with E-state index in [-0.39, 0.29) is 5.91 Å². The second-order valence-corrected chi connectivity index (χ2v) is 4.76. The van der Waals surface area contributed by atoms with Gasteiger partial charge in [-0.15, -0.1) is 0 Å². The first-order valence-corrected chi connectivity index (χ1v) is 6.13. The van der Waals surface area contributed by atoms with Crippen LogP contribution in [0.1, 0.15) is 16.2 Å². The van der Waals surface area contributed by atoms with Gasteiger partial charge < -0.3 is 15.2 Å². The zero-order valence-electron chi connectivity index (χ0n) is 10.8. The standard InChI is InChI=1S/C13H15ClN4O/c1-17-6-5-16-12(17)8-18(2)13(19)9-3-4-11(15)10(14)7-9/h3-7H,8,15H2,1-2H3. The molecule has 0 saturated carbocycles. The number of imidazole rings is 1. The molecule has 1 aromatic carbocycles. The summed E-state index contributed by atoms with van der Waals surface area (Å²) in [6.45, 7) is 0.435. The highest BCUT2D eigenvalue weighted by molar-refractivity contribution is 6.33. The second kappa shape index (κ2) is 5.32. The van der Waals surface area contributed by atoms with Crippen molar-refractivity contribution < 1.29 is 4.79 Å². The number of halogens is 1. The molecule has 2 aromatic rings. The topological polar surface area (TPSA) is 64.2 Å². The molecule has 5 nitrogen and oxygen atoms in total. The summed E-state index contributed by atoms with van der Waals surface area (Å²) in [5.41, 5.74) is 6.60. The number of nitrogens with zero attached hydrogens (tertiary/aromatic N) is 3. The van der Waals surface area contributed by atoms with Gasteiger partial charge in [-0.3, -0.25) is 4.79 Å². The van der Waals surface area contributed by atoms with Crippen molar-refractivity contribution in [1.29, 1.82) is 0 Å². The highest BCUT2D eigenvalue weighted by Gasteiger charge is 2.14. The minimum atomic E-state index is -0.120. The third kappa shape index (κ3) is 2.88. The fourth-order valence-electron chi connectivity index (χ4n) is 1.71. The fraction of sp³-hybridized carbons (Fsp3) is 0.231. The predicted molar refractivity (Wildman–Crippen MR) is 74.9 cm³/mol.